The number of halogens is 1. The Kier molecular flexibility index (Phi) is 4.18. The Balaban J connectivity index is 1.69. The molecule has 0 radical (unpaired) electrons. The molecule has 3 aromatic heterocycles. The number of fused-ring (bicyclic) bond motifs is 1. The van der Waals surface area contributed by atoms with Gasteiger partial charge in [0.15, 0.2) is 5.82 Å². The molecule has 0 saturated heterocycles. The van der Waals surface area contributed by atoms with E-state index in [9.17, 15) is 4.79 Å². The van der Waals surface area contributed by atoms with Gasteiger partial charge in [0.05, 0.1) is 11.3 Å². The predicted molar refractivity (Wildman–Crippen MR) is 101 cm³/mol. The van der Waals surface area contributed by atoms with Crippen LogP contribution in [0.15, 0.2) is 59.5 Å². The number of rotatable bonds is 3. The lowest BCUT2D eigenvalue weighted by Gasteiger charge is -2.08. The van der Waals surface area contributed by atoms with Gasteiger partial charge in [-0.05, 0) is 43.3 Å². The first-order valence-electron chi connectivity index (χ1n) is 7.81. The van der Waals surface area contributed by atoms with Gasteiger partial charge in [-0.1, -0.05) is 15.9 Å². The summed E-state index contributed by atoms with van der Waals surface area (Å²) < 4.78 is 2.52. The van der Waals surface area contributed by atoms with E-state index in [-0.39, 0.29) is 5.91 Å². The highest BCUT2D eigenvalue weighted by Gasteiger charge is 2.16. The molecule has 1 amide bonds. The van der Waals surface area contributed by atoms with E-state index in [0.29, 0.717) is 28.5 Å². The maximum absolute atomic E-state index is 12.6. The number of benzene rings is 1. The number of nitrogens with one attached hydrogen (secondary N) is 1. The molecule has 0 saturated carbocycles. The van der Waals surface area contributed by atoms with Crippen molar-refractivity contribution in [3.63, 3.8) is 0 Å². The maximum atomic E-state index is 12.6. The summed E-state index contributed by atoms with van der Waals surface area (Å²) >= 11 is 3.37. The Morgan fingerprint density at radius 3 is 2.58 bits per heavy atom. The van der Waals surface area contributed by atoms with E-state index in [1.165, 1.54) is 6.20 Å². The molecule has 4 aromatic rings. The highest BCUT2D eigenvalue weighted by Crippen LogP contribution is 2.18. The molecule has 1 N–H and O–H groups in total. The predicted octanol–water partition coefficient (Wildman–Crippen LogP) is 3.51. The lowest BCUT2D eigenvalue weighted by molar-refractivity contribution is 0.102. The van der Waals surface area contributed by atoms with Crippen molar-refractivity contribution in [2.45, 2.75) is 6.92 Å². The van der Waals surface area contributed by atoms with Crippen LogP contribution in [0.4, 0.5) is 5.69 Å². The van der Waals surface area contributed by atoms with E-state index in [4.69, 9.17) is 0 Å². The molecule has 1 aromatic carbocycles. The highest BCUT2D eigenvalue weighted by atomic mass is 79.9. The average Bonchev–Trinajstić information content (AvgIpc) is 3.10. The average molecular weight is 409 g/mol. The molecule has 0 aliphatic rings. The molecule has 7 nitrogen and oxygen atoms in total. The molecule has 0 spiro atoms. The minimum atomic E-state index is -0.250. The zero-order chi connectivity index (χ0) is 18.1. The van der Waals surface area contributed by atoms with Crippen molar-refractivity contribution in [3.05, 3.63) is 70.7 Å². The molecule has 0 fully saturated rings. The van der Waals surface area contributed by atoms with Gasteiger partial charge >= 0.3 is 0 Å². The van der Waals surface area contributed by atoms with Gasteiger partial charge in [0.2, 0.25) is 0 Å². The normalized spacial score (nSPS) is 10.8. The smallest absolute Gasteiger partial charge is 0.259 e. The standard InChI is InChI=1S/C18H13BrN6O/c1-11-15(17(26)22-14-4-2-13(19)3-5-14)10-21-18-23-16(24-25(11)18)12-6-8-20-9-7-12/h2-10H,1H3,(H,22,26). The topological polar surface area (TPSA) is 85.1 Å². The van der Waals surface area contributed by atoms with E-state index >= 15 is 0 Å². The zero-order valence-corrected chi connectivity index (χ0v) is 15.3. The number of anilines is 1. The Labute approximate surface area is 157 Å². The van der Waals surface area contributed by atoms with Gasteiger partial charge < -0.3 is 5.32 Å². The van der Waals surface area contributed by atoms with Crippen LogP contribution < -0.4 is 5.32 Å². The van der Waals surface area contributed by atoms with Crippen molar-refractivity contribution in [1.82, 2.24) is 24.6 Å². The van der Waals surface area contributed by atoms with Crippen molar-refractivity contribution < 1.29 is 4.79 Å². The van der Waals surface area contributed by atoms with Gasteiger partial charge in [-0.3, -0.25) is 9.78 Å². The molecule has 8 heteroatoms. The molecule has 0 aliphatic heterocycles. The fraction of sp³-hybridized carbons (Fsp3) is 0.0556. The largest absolute Gasteiger partial charge is 0.322 e. The van der Waals surface area contributed by atoms with Crippen LogP contribution in [0.25, 0.3) is 17.2 Å². The summed E-state index contributed by atoms with van der Waals surface area (Å²) in [6.45, 7) is 1.82. The van der Waals surface area contributed by atoms with Crippen molar-refractivity contribution in [3.8, 4) is 11.4 Å². The molecule has 3 heterocycles. The van der Waals surface area contributed by atoms with Crippen LogP contribution in [0.2, 0.25) is 0 Å². The number of hydrogen-bond donors (Lipinski definition) is 1. The Morgan fingerprint density at radius 1 is 1.12 bits per heavy atom. The second kappa shape index (κ2) is 6.64. The summed E-state index contributed by atoms with van der Waals surface area (Å²) in [5.74, 6) is 0.725. The number of carbonyl (C=O) groups excluding carboxylic acids is 1. The second-order valence-corrected chi connectivity index (χ2v) is 6.52. The SMILES string of the molecule is Cc1c(C(=O)Nc2ccc(Br)cc2)cnc2nc(-c3ccncc3)nn12. The van der Waals surface area contributed by atoms with Gasteiger partial charge in [-0.25, -0.2) is 9.50 Å². The summed E-state index contributed by atoms with van der Waals surface area (Å²) in [7, 11) is 0. The minimum Gasteiger partial charge on any atom is -0.322 e. The van der Waals surface area contributed by atoms with Crippen molar-refractivity contribution in [2.24, 2.45) is 0 Å². The van der Waals surface area contributed by atoms with Crippen LogP contribution in [0.1, 0.15) is 16.1 Å². The third-order valence-corrected chi connectivity index (χ3v) is 4.42. The molecule has 0 bridgehead atoms. The molecule has 4 rings (SSSR count). The lowest BCUT2D eigenvalue weighted by Crippen LogP contribution is -2.16. The Morgan fingerprint density at radius 2 is 1.85 bits per heavy atom. The Bertz CT molecular complexity index is 1090. The van der Waals surface area contributed by atoms with Gasteiger partial charge in [-0.2, -0.15) is 4.98 Å². The number of nitrogens with zero attached hydrogens (tertiary/aromatic N) is 5. The van der Waals surface area contributed by atoms with Crippen LogP contribution in [0, 0.1) is 6.92 Å². The van der Waals surface area contributed by atoms with Crippen molar-refractivity contribution >= 4 is 33.3 Å². The number of pyridine rings is 1. The summed E-state index contributed by atoms with van der Waals surface area (Å²) in [4.78, 5) is 25.3. The number of carbonyl (C=O) groups is 1. The number of amides is 1. The fourth-order valence-corrected chi connectivity index (χ4v) is 2.78. The lowest BCUT2D eigenvalue weighted by atomic mass is 10.2. The van der Waals surface area contributed by atoms with E-state index in [0.717, 1.165) is 10.0 Å². The third-order valence-electron chi connectivity index (χ3n) is 3.89. The first-order chi connectivity index (χ1) is 12.6. The van der Waals surface area contributed by atoms with E-state index in [1.807, 2.05) is 43.3 Å². The van der Waals surface area contributed by atoms with Crippen LogP contribution in [-0.4, -0.2) is 30.5 Å². The summed E-state index contributed by atoms with van der Waals surface area (Å²) in [5, 5.41) is 7.33. The van der Waals surface area contributed by atoms with Gasteiger partial charge in [0.1, 0.15) is 0 Å². The number of aryl methyl sites for hydroxylation is 1. The summed E-state index contributed by atoms with van der Waals surface area (Å²) in [5.41, 5.74) is 2.64. The van der Waals surface area contributed by atoms with E-state index < -0.39 is 0 Å². The molecule has 0 aliphatic carbocycles. The summed E-state index contributed by atoms with van der Waals surface area (Å²) in [6.07, 6.45) is 4.88. The summed E-state index contributed by atoms with van der Waals surface area (Å²) in [6, 6.07) is 11.0. The van der Waals surface area contributed by atoms with Crippen LogP contribution in [-0.2, 0) is 0 Å². The van der Waals surface area contributed by atoms with Gasteiger partial charge in [0.25, 0.3) is 11.7 Å². The molecule has 128 valence electrons. The molecule has 0 atom stereocenters. The number of aromatic nitrogens is 5. The molecular formula is C18H13BrN6O. The number of hydrogen-bond acceptors (Lipinski definition) is 5. The van der Waals surface area contributed by atoms with Crippen LogP contribution in [0.5, 0.6) is 0 Å². The molecule has 26 heavy (non-hydrogen) atoms. The molecule has 0 unspecified atom stereocenters. The minimum absolute atomic E-state index is 0.250. The molecular weight excluding hydrogens is 396 g/mol. The third kappa shape index (κ3) is 3.06. The fourth-order valence-electron chi connectivity index (χ4n) is 2.52. The van der Waals surface area contributed by atoms with Crippen LogP contribution >= 0.6 is 15.9 Å². The Hall–Kier alpha value is -3.13. The maximum Gasteiger partial charge on any atom is 0.259 e. The van der Waals surface area contributed by atoms with Crippen molar-refractivity contribution in [1.29, 1.82) is 0 Å². The second-order valence-electron chi connectivity index (χ2n) is 5.60. The zero-order valence-electron chi connectivity index (χ0n) is 13.7. The van der Waals surface area contributed by atoms with E-state index in [1.54, 1.807) is 16.9 Å². The highest BCUT2D eigenvalue weighted by molar-refractivity contribution is 9.10. The first kappa shape index (κ1) is 16.3. The van der Waals surface area contributed by atoms with Crippen LogP contribution in [0.3, 0.4) is 0 Å². The van der Waals surface area contributed by atoms with E-state index in [2.05, 4.69) is 41.3 Å². The quantitative estimate of drug-likeness (QED) is 0.560. The first-order valence-corrected chi connectivity index (χ1v) is 8.61. The van der Waals surface area contributed by atoms with Gasteiger partial charge in [-0.15, -0.1) is 5.10 Å². The monoisotopic (exact) mass is 408 g/mol. The van der Waals surface area contributed by atoms with Crippen molar-refractivity contribution in [2.75, 3.05) is 5.32 Å². The van der Waals surface area contributed by atoms with Gasteiger partial charge in [0, 0.05) is 34.3 Å².